The van der Waals surface area contributed by atoms with Crippen molar-refractivity contribution < 1.29 is 14.3 Å². The maximum Gasteiger partial charge on any atom is 0.290 e. The standard InChI is InChI=1S/C16H24N4O4/c21-14(12-23-11-13-3-1-2-10-24-13)19-6-8-20(9-7-19)15-16(22)18-5-4-17-15/h4-5,13H,1-3,6-12H2,(H,18,22)/t13-/m1/s1. The summed E-state index contributed by atoms with van der Waals surface area (Å²) >= 11 is 0. The number of nitrogens with one attached hydrogen (secondary N) is 1. The molecule has 1 aromatic heterocycles. The van der Waals surface area contributed by atoms with Gasteiger partial charge in [0.1, 0.15) is 6.61 Å². The number of piperazine rings is 1. The molecular weight excluding hydrogens is 312 g/mol. The average Bonchev–Trinajstić information content (AvgIpc) is 2.63. The van der Waals surface area contributed by atoms with Gasteiger partial charge in [0, 0.05) is 45.2 Å². The quantitative estimate of drug-likeness (QED) is 0.815. The number of hydrogen-bond acceptors (Lipinski definition) is 6. The molecule has 1 amide bonds. The van der Waals surface area contributed by atoms with E-state index in [1.165, 1.54) is 6.20 Å². The topological polar surface area (TPSA) is 87.8 Å². The molecule has 132 valence electrons. The molecule has 2 aliphatic rings. The number of aromatic amines is 1. The van der Waals surface area contributed by atoms with Crippen LogP contribution in [0.2, 0.25) is 0 Å². The number of carbonyl (C=O) groups excluding carboxylic acids is 1. The molecule has 0 aliphatic carbocycles. The van der Waals surface area contributed by atoms with Gasteiger partial charge in [0.2, 0.25) is 5.91 Å². The van der Waals surface area contributed by atoms with Crippen molar-refractivity contribution in [2.45, 2.75) is 25.4 Å². The van der Waals surface area contributed by atoms with Crippen LogP contribution >= 0.6 is 0 Å². The first-order chi connectivity index (χ1) is 11.7. The SMILES string of the molecule is O=C(COC[C@H]1CCCCO1)N1CCN(c2ncc[nH]c2=O)CC1. The number of anilines is 1. The summed E-state index contributed by atoms with van der Waals surface area (Å²) in [6, 6.07) is 0. The van der Waals surface area contributed by atoms with E-state index in [2.05, 4.69) is 9.97 Å². The van der Waals surface area contributed by atoms with Crippen molar-refractivity contribution >= 4 is 11.7 Å². The Morgan fingerprint density at radius 3 is 2.88 bits per heavy atom. The Morgan fingerprint density at radius 1 is 1.33 bits per heavy atom. The molecule has 3 rings (SSSR count). The van der Waals surface area contributed by atoms with Crippen LogP contribution in [0.3, 0.4) is 0 Å². The van der Waals surface area contributed by atoms with Gasteiger partial charge in [-0.2, -0.15) is 0 Å². The molecule has 2 aliphatic heterocycles. The minimum absolute atomic E-state index is 0.0135. The summed E-state index contributed by atoms with van der Waals surface area (Å²) in [5.74, 6) is 0.399. The van der Waals surface area contributed by atoms with Crippen LogP contribution in [-0.4, -0.2) is 72.9 Å². The van der Waals surface area contributed by atoms with Crippen LogP contribution in [0.1, 0.15) is 19.3 Å². The first-order valence-electron chi connectivity index (χ1n) is 8.50. The zero-order chi connectivity index (χ0) is 16.8. The third-order valence-corrected chi connectivity index (χ3v) is 4.42. The normalized spacial score (nSPS) is 21.8. The number of rotatable bonds is 5. The molecule has 1 N–H and O–H groups in total. The second-order valence-corrected chi connectivity index (χ2v) is 6.11. The summed E-state index contributed by atoms with van der Waals surface area (Å²) in [4.78, 5) is 34.4. The van der Waals surface area contributed by atoms with Crippen LogP contribution in [0, 0.1) is 0 Å². The summed E-state index contributed by atoms with van der Waals surface area (Å²) in [6.07, 6.45) is 6.48. The molecule has 0 aromatic carbocycles. The second-order valence-electron chi connectivity index (χ2n) is 6.11. The monoisotopic (exact) mass is 336 g/mol. The lowest BCUT2D eigenvalue weighted by atomic mass is 10.1. The molecule has 3 heterocycles. The number of H-pyrrole nitrogens is 1. The zero-order valence-electron chi connectivity index (χ0n) is 13.8. The zero-order valence-corrected chi connectivity index (χ0v) is 13.8. The van der Waals surface area contributed by atoms with Crippen molar-refractivity contribution in [3.63, 3.8) is 0 Å². The molecule has 0 saturated carbocycles. The van der Waals surface area contributed by atoms with Gasteiger partial charge in [0.15, 0.2) is 5.82 Å². The summed E-state index contributed by atoms with van der Waals surface area (Å²) in [5, 5.41) is 0. The van der Waals surface area contributed by atoms with Crippen LogP contribution in [0.15, 0.2) is 17.2 Å². The van der Waals surface area contributed by atoms with Crippen molar-refractivity contribution in [2.24, 2.45) is 0 Å². The van der Waals surface area contributed by atoms with Gasteiger partial charge in [-0.3, -0.25) is 9.59 Å². The number of carbonyl (C=O) groups is 1. The highest BCUT2D eigenvalue weighted by Gasteiger charge is 2.23. The Labute approximate surface area is 140 Å². The number of aromatic nitrogens is 2. The number of amides is 1. The first-order valence-corrected chi connectivity index (χ1v) is 8.50. The van der Waals surface area contributed by atoms with Crippen LogP contribution in [0.4, 0.5) is 5.82 Å². The van der Waals surface area contributed by atoms with Crippen LogP contribution in [0.5, 0.6) is 0 Å². The molecule has 0 unspecified atom stereocenters. The molecule has 2 fully saturated rings. The molecule has 1 atom stereocenters. The molecule has 0 bridgehead atoms. The summed E-state index contributed by atoms with van der Waals surface area (Å²) in [5.41, 5.74) is -0.201. The first kappa shape index (κ1) is 16.9. The maximum absolute atomic E-state index is 12.2. The number of hydrogen-bond donors (Lipinski definition) is 1. The molecular formula is C16H24N4O4. The lowest BCUT2D eigenvalue weighted by molar-refractivity contribution is -0.138. The maximum atomic E-state index is 12.2. The Kier molecular flexibility index (Phi) is 5.81. The molecule has 8 nitrogen and oxygen atoms in total. The molecule has 0 radical (unpaired) electrons. The number of nitrogens with zero attached hydrogens (tertiary/aromatic N) is 3. The molecule has 0 spiro atoms. The van der Waals surface area contributed by atoms with E-state index in [1.807, 2.05) is 4.90 Å². The van der Waals surface area contributed by atoms with E-state index in [1.54, 1.807) is 11.1 Å². The summed E-state index contributed by atoms with van der Waals surface area (Å²) in [7, 11) is 0. The molecule has 8 heteroatoms. The fourth-order valence-electron chi connectivity index (χ4n) is 3.04. The Morgan fingerprint density at radius 2 is 2.17 bits per heavy atom. The largest absolute Gasteiger partial charge is 0.376 e. The Balaban J connectivity index is 1.40. The van der Waals surface area contributed by atoms with Crippen molar-refractivity contribution in [2.75, 3.05) is 50.9 Å². The lowest BCUT2D eigenvalue weighted by Gasteiger charge is -2.35. The lowest BCUT2D eigenvalue weighted by Crippen LogP contribution is -2.51. The van der Waals surface area contributed by atoms with E-state index in [4.69, 9.17) is 9.47 Å². The van der Waals surface area contributed by atoms with Gasteiger partial charge in [0.25, 0.3) is 5.56 Å². The van der Waals surface area contributed by atoms with Gasteiger partial charge in [0.05, 0.1) is 12.7 Å². The Hall–Kier alpha value is -1.93. The summed E-state index contributed by atoms with van der Waals surface area (Å²) in [6.45, 7) is 3.68. The fraction of sp³-hybridized carbons (Fsp3) is 0.688. The van der Waals surface area contributed by atoms with E-state index in [9.17, 15) is 9.59 Å². The van der Waals surface area contributed by atoms with Crippen LogP contribution < -0.4 is 10.5 Å². The van der Waals surface area contributed by atoms with Gasteiger partial charge in [-0.1, -0.05) is 0 Å². The van der Waals surface area contributed by atoms with E-state index in [0.717, 1.165) is 25.9 Å². The highest BCUT2D eigenvalue weighted by molar-refractivity contribution is 5.77. The van der Waals surface area contributed by atoms with E-state index in [0.29, 0.717) is 38.6 Å². The molecule has 1 aromatic rings. The molecule has 2 saturated heterocycles. The van der Waals surface area contributed by atoms with Gasteiger partial charge < -0.3 is 24.3 Å². The van der Waals surface area contributed by atoms with Crippen molar-refractivity contribution in [3.8, 4) is 0 Å². The van der Waals surface area contributed by atoms with E-state index >= 15 is 0 Å². The van der Waals surface area contributed by atoms with Crippen molar-refractivity contribution in [1.82, 2.24) is 14.9 Å². The third-order valence-electron chi connectivity index (χ3n) is 4.42. The molecule has 24 heavy (non-hydrogen) atoms. The smallest absolute Gasteiger partial charge is 0.290 e. The fourth-order valence-corrected chi connectivity index (χ4v) is 3.04. The van der Waals surface area contributed by atoms with Crippen molar-refractivity contribution in [3.05, 3.63) is 22.7 Å². The van der Waals surface area contributed by atoms with Gasteiger partial charge in [-0.25, -0.2) is 4.98 Å². The van der Waals surface area contributed by atoms with E-state index in [-0.39, 0.29) is 24.2 Å². The second kappa shape index (κ2) is 8.25. The number of ether oxygens (including phenoxy) is 2. The Bertz CT molecular complexity index is 592. The minimum atomic E-state index is -0.201. The predicted octanol–water partition coefficient (Wildman–Crippen LogP) is 0.00420. The van der Waals surface area contributed by atoms with Gasteiger partial charge in [-0.15, -0.1) is 0 Å². The van der Waals surface area contributed by atoms with E-state index < -0.39 is 0 Å². The van der Waals surface area contributed by atoms with Gasteiger partial charge >= 0.3 is 0 Å². The third kappa shape index (κ3) is 4.33. The van der Waals surface area contributed by atoms with Crippen molar-refractivity contribution in [1.29, 1.82) is 0 Å². The highest BCUT2D eigenvalue weighted by Crippen LogP contribution is 2.13. The van der Waals surface area contributed by atoms with Crippen LogP contribution in [-0.2, 0) is 14.3 Å². The summed E-state index contributed by atoms with van der Waals surface area (Å²) < 4.78 is 11.1. The minimum Gasteiger partial charge on any atom is -0.376 e. The van der Waals surface area contributed by atoms with Gasteiger partial charge in [-0.05, 0) is 19.3 Å². The average molecular weight is 336 g/mol. The predicted molar refractivity (Wildman–Crippen MR) is 88.1 cm³/mol. The van der Waals surface area contributed by atoms with Crippen LogP contribution in [0.25, 0.3) is 0 Å². The highest BCUT2D eigenvalue weighted by atomic mass is 16.5.